The molecule has 0 aromatic carbocycles. The molecule has 0 saturated carbocycles. The van der Waals surface area contributed by atoms with Gasteiger partial charge in [0.25, 0.3) is 0 Å². The molecule has 0 bridgehead atoms. The van der Waals surface area contributed by atoms with Gasteiger partial charge < -0.3 is 33.8 Å². The number of phosphoric acid groups is 2. The number of hydrogen-bond acceptors (Lipinski definition) is 15. The molecule has 0 fully saturated rings. The highest BCUT2D eigenvalue weighted by atomic mass is 31.2. The van der Waals surface area contributed by atoms with Crippen LogP contribution in [0.25, 0.3) is 0 Å². The lowest BCUT2D eigenvalue weighted by Gasteiger charge is -2.21. The van der Waals surface area contributed by atoms with Crippen molar-refractivity contribution in [3.05, 3.63) is 146 Å². The minimum atomic E-state index is -5.00. The summed E-state index contributed by atoms with van der Waals surface area (Å²) in [5.41, 5.74) is 0. The van der Waals surface area contributed by atoms with Crippen LogP contribution < -0.4 is 0 Å². The molecule has 0 aliphatic rings. The number of carbonyl (C=O) groups is 4. The molecular formula is C85H142O17P2. The predicted octanol–water partition coefficient (Wildman–Crippen LogP) is 23.4. The van der Waals surface area contributed by atoms with Crippen molar-refractivity contribution >= 4 is 39.5 Å². The average molecular weight is 1500 g/mol. The molecule has 0 aliphatic carbocycles. The minimum absolute atomic E-state index is 0.0335. The van der Waals surface area contributed by atoms with Crippen LogP contribution in [0.3, 0.4) is 0 Å². The van der Waals surface area contributed by atoms with Crippen LogP contribution in [0.4, 0.5) is 0 Å². The molecule has 3 N–H and O–H groups in total. The SMILES string of the molecule is CC/C=C\C/C=C\C/C=C\C/C=C\C/C=C\C/C=C\CCC(=O)OCC(COP(=O)(O)OCC(O)COP(=O)(O)OCC(COC(=O)CCCC/C=C\C/C=C\C/C=C\C/C=C\CC)OC(=O)CCCCCCC/C=C\C/C=C\CCCCC)OC(=O)CCCCCCCCCCCCCCCCC. The van der Waals surface area contributed by atoms with Crippen molar-refractivity contribution in [2.24, 2.45) is 0 Å². The molecule has 5 unspecified atom stereocenters. The maximum Gasteiger partial charge on any atom is 0.472 e. The summed E-state index contributed by atoms with van der Waals surface area (Å²) in [5.74, 6) is -2.33. The van der Waals surface area contributed by atoms with Crippen LogP contribution in [0.2, 0.25) is 0 Å². The van der Waals surface area contributed by atoms with Gasteiger partial charge >= 0.3 is 39.5 Å². The van der Waals surface area contributed by atoms with E-state index in [-0.39, 0.29) is 25.7 Å². The van der Waals surface area contributed by atoms with Gasteiger partial charge in [-0.3, -0.25) is 37.3 Å². The number of aliphatic hydroxyl groups is 1. The van der Waals surface area contributed by atoms with Crippen LogP contribution in [0.1, 0.15) is 310 Å². The maximum atomic E-state index is 13.1. The molecule has 0 spiro atoms. The predicted molar refractivity (Wildman–Crippen MR) is 427 cm³/mol. The van der Waals surface area contributed by atoms with Crippen molar-refractivity contribution in [2.45, 2.75) is 329 Å². The number of aliphatic hydroxyl groups excluding tert-OH is 1. The third-order valence-corrected chi connectivity index (χ3v) is 18.2. The average Bonchev–Trinajstić information content (AvgIpc) is 0.918. The number of allylic oxidation sites excluding steroid dienone is 24. The van der Waals surface area contributed by atoms with Gasteiger partial charge in [0, 0.05) is 25.7 Å². The van der Waals surface area contributed by atoms with E-state index in [0.29, 0.717) is 32.1 Å². The minimum Gasteiger partial charge on any atom is -0.462 e. The number of ether oxygens (including phenoxy) is 4. The molecule has 0 aromatic rings. The van der Waals surface area contributed by atoms with E-state index in [1.54, 1.807) is 0 Å². The maximum absolute atomic E-state index is 13.1. The van der Waals surface area contributed by atoms with E-state index < -0.39 is 97.5 Å². The van der Waals surface area contributed by atoms with Crippen molar-refractivity contribution in [1.29, 1.82) is 0 Å². The van der Waals surface area contributed by atoms with E-state index in [1.807, 2.05) is 18.2 Å². The zero-order valence-electron chi connectivity index (χ0n) is 64.9. The van der Waals surface area contributed by atoms with Crippen molar-refractivity contribution in [1.82, 2.24) is 0 Å². The molecular weight excluding hydrogens is 1350 g/mol. The van der Waals surface area contributed by atoms with Gasteiger partial charge in [-0.1, -0.05) is 296 Å². The van der Waals surface area contributed by atoms with Gasteiger partial charge in [-0.15, -0.1) is 0 Å². The standard InChI is InChI=1S/C85H142O17P2/c1-5-9-13-17-21-25-29-33-37-38-39-40-44-46-50-54-58-62-66-70-83(88)96-76-81(102-85(90)72-68-64-60-56-52-48-43-36-32-28-24-20-16-12-8-4)78-100-104(93,94)98-74-79(86)73-97-103(91,92)99-77-80(101-84(89)71-67-63-59-55-51-47-42-35-31-27-23-19-15-11-7-3)75-95-82(87)69-65-61-57-53-49-45-41-34-30-26-22-18-14-10-6-2/h9-10,13-14,21-23,25-27,33-35,37,39-42,46,49-50,53,58,62,79-81,86H,5-8,11-12,15-20,24,28-32,36,38,43-45,47-48,51-52,54-57,59-61,63-78H2,1-4H3,(H,91,92)(H,93,94)/b13-9-,14-10-,25-21-,26-22-,27-23-,37-33-,40-39-,41-34-,42-35-,50-46-,53-49-,62-58-. The Morgan fingerprint density at radius 3 is 0.865 bits per heavy atom. The number of hydrogen-bond donors (Lipinski definition) is 3. The Morgan fingerprint density at radius 2 is 0.519 bits per heavy atom. The van der Waals surface area contributed by atoms with Gasteiger partial charge in [0.05, 0.1) is 26.4 Å². The summed E-state index contributed by atoms with van der Waals surface area (Å²) in [4.78, 5) is 73.0. The highest BCUT2D eigenvalue weighted by Crippen LogP contribution is 2.45. The van der Waals surface area contributed by atoms with Gasteiger partial charge in [-0.05, 0) is 135 Å². The lowest BCUT2D eigenvalue weighted by Crippen LogP contribution is -2.30. The number of carbonyl (C=O) groups excluding carboxylic acids is 4. The van der Waals surface area contributed by atoms with E-state index in [0.717, 1.165) is 141 Å². The van der Waals surface area contributed by atoms with E-state index >= 15 is 0 Å². The molecule has 19 heteroatoms. The molecule has 17 nitrogen and oxygen atoms in total. The second kappa shape index (κ2) is 76.1. The Labute approximate surface area is 630 Å². The van der Waals surface area contributed by atoms with Crippen molar-refractivity contribution in [3.63, 3.8) is 0 Å². The van der Waals surface area contributed by atoms with Crippen LogP contribution in [-0.2, 0) is 65.4 Å². The first-order valence-corrected chi connectivity index (χ1v) is 43.1. The van der Waals surface area contributed by atoms with Crippen molar-refractivity contribution in [3.8, 4) is 0 Å². The molecule has 0 amide bonds. The smallest absolute Gasteiger partial charge is 0.462 e. The third-order valence-electron chi connectivity index (χ3n) is 16.3. The first-order chi connectivity index (χ1) is 50.7. The highest BCUT2D eigenvalue weighted by molar-refractivity contribution is 7.47. The Bertz CT molecular complexity index is 2540. The Morgan fingerprint density at radius 1 is 0.279 bits per heavy atom. The number of rotatable bonds is 74. The zero-order valence-corrected chi connectivity index (χ0v) is 66.7. The summed E-state index contributed by atoms with van der Waals surface area (Å²) in [6.07, 6.45) is 87.0. The second-order valence-electron chi connectivity index (χ2n) is 26.2. The van der Waals surface area contributed by atoms with Gasteiger partial charge in [0.15, 0.2) is 12.2 Å². The summed E-state index contributed by atoms with van der Waals surface area (Å²) < 4.78 is 68.5. The third kappa shape index (κ3) is 75.2. The zero-order chi connectivity index (χ0) is 76.0. The van der Waals surface area contributed by atoms with Crippen molar-refractivity contribution in [2.75, 3.05) is 39.6 Å². The van der Waals surface area contributed by atoms with E-state index in [9.17, 15) is 43.2 Å². The molecule has 0 rings (SSSR count). The van der Waals surface area contributed by atoms with Gasteiger partial charge in [-0.25, -0.2) is 9.13 Å². The molecule has 0 saturated heterocycles. The molecule has 594 valence electrons. The largest absolute Gasteiger partial charge is 0.472 e. The van der Waals surface area contributed by atoms with Crippen LogP contribution in [0.15, 0.2) is 146 Å². The highest BCUT2D eigenvalue weighted by Gasteiger charge is 2.30. The van der Waals surface area contributed by atoms with Gasteiger partial charge in [-0.2, -0.15) is 0 Å². The van der Waals surface area contributed by atoms with Gasteiger partial charge in [0.2, 0.25) is 0 Å². The fourth-order valence-corrected chi connectivity index (χ4v) is 11.8. The molecule has 0 heterocycles. The van der Waals surface area contributed by atoms with E-state index in [2.05, 4.69) is 155 Å². The fourth-order valence-electron chi connectivity index (χ4n) is 10.3. The Hall–Kier alpha value is -5.06. The molecule has 0 aromatic heterocycles. The van der Waals surface area contributed by atoms with Crippen LogP contribution in [0.5, 0.6) is 0 Å². The van der Waals surface area contributed by atoms with E-state index in [4.69, 9.17) is 37.0 Å². The van der Waals surface area contributed by atoms with Crippen LogP contribution in [0, 0.1) is 0 Å². The van der Waals surface area contributed by atoms with Gasteiger partial charge in [0.1, 0.15) is 19.3 Å². The summed E-state index contributed by atoms with van der Waals surface area (Å²) in [5, 5.41) is 10.6. The number of phosphoric ester groups is 2. The summed E-state index contributed by atoms with van der Waals surface area (Å²) in [7, 11) is -10.00. The molecule has 0 aliphatic heterocycles. The van der Waals surface area contributed by atoms with Crippen LogP contribution in [-0.4, -0.2) is 96.7 Å². The normalized spacial score (nSPS) is 14.6. The topological polar surface area (TPSA) is 237 Å². The number of esters is 4. The second-order valence-corrected chi connectivity index (χ2v) is 29.2. The fraction of sp³-hybridized carbons (Fsp3) is 0.671. The molecule has 5 atom stereocenters. The Kier molecular flexibility index (Phi) is 72.4. The summed E-state index contributed by atoms with van der Waals surface area (Å²) in [6.45, 7) is 4.48. The first-order valence-electron chi connectivity index (χ1n) is 40.1. The lowest BCUT2D eigenvalue weighted by molar-refractivity contribution is -0.161. The summed E-state index contributed by atoms with van der Waals surface area (Å²) in [6, 6.07) is 0. The van der Waals surface area contributed by atoms with Crippen molar-refractivity contribution < 1.29 is 80.2 Å². The van der Waals surface area contributed by atoms with E-state index in [1.165, 1.54) is 83.5 Å². The van der Waals surface area contributed by atoms with Crippen LogP contribution >= 0.6 is 15.6 Å². The molecule has 0 radical (unpaired) electrons. The monoisotopic (exact) mass is 1500 g/mol. The lowest BCUT2D eigenvalue weighted by atomic mass is 10.0. The summed E-state index contributed by atoms with van der Waals surface area (Å²) >= 11 is 0. The first kappa shape index (κ1) is 98.9. The Balaban J connectivity index is 5.47. The quantitative estimate of drug-likeness (QED) is 0.0169. The number of unbranched alkanes of at least 4 members (excludes halogenated alkanes) is 24. The molecule has 104 heavy (non-hydrogen) atoms.